The number of hydrogen-bond acceptors (Lipinski definition) is 5. The molecule has 8 nitrogen and oxygen atoms in total. The average Bonchev–Trinajstić information content (AvgIpc) is 2.74. The number of allylic oxidation sites excluding steroid dienone is 5. The van der Waals surface area contributed by atoms with Gasteiger partial charge in [-0.15, -0.1) is 6.58 Å². The smallest absolute Gasteiger partial charge is 0.312 e. The monoisotopic (exact) mass is 437 g/mol. The minimum atomic E-state index is -0.573. The first kappa shape index (κ1) is 26.4. The number of carbonyl (C=O) groups excluding carboxylic acids is 1. The van der Waals surface area contributed by atoms with Crippen LogP contribution in [0.3, 0.4) is 0 Å². The van der Waals surface area contributed by atoms with Crippen LogP contribution in [0, 0.1) is 0 Å². The summed E-state index contributed by atoms with van der Waals surface area (Å²) < 4.78 is 0. The molecule has 0 aliphatic heterocycles. The van der Waals surface area contributed by atoms with E-state index in [1.54, 1.807) is 12.4 Å². The van der Waals surface area contributed by atoms with E-state index in [-0.39, 0.29) is 0 Å². The lowest BCUT2D eigenvalue weighted by Crippen LogP contribution is -2.29. The normalized spacial score (nSPS) is 13.0. The number of carbonyl (C=O) groups is 1. The quantitative estimate of drug-likeness (QED) is 0.182. The van der Waals surface area contributed by atoms with Gasteiger partial charge in [0.05, 0.1) is 24.1 Å². The minimum absolute atomic E-state index is 0.308. The molecule has 32 heavy (non-hydrogen) atoms. The van der Waals surface area contributed by atoms with Crippen LogP contribution in [0.4, 0.5) is 10.5 Å². The summed E-state index contributed by atoms with van der Waals surface area (Å²) in [6.07, 6.45) is 16.0. The predicted octanol–water partition coefficient (Wildman–Crippen LogP) is 3.63. The summed E-state index contributed by atoms with van der Waals surface area (Å²) in [6, 6.07) is 1.37. The second-order valence-corrected chi connectivity index (χ2v) is 7.29. The van der Waals surface area contributed by atoms with E-state index in [1.807, 2.05) is 87.4 Å². The van der Waals surface area contributed by atoms with E-state index in [9.17, 15) is 4.79 Å². The lowest BCUT2D eigenvalue weighted by molar-refractivity contribution is 0.250. The van der Waals surface area contributed by atoms with E-state index in [0.29, 0.717) is 13.1 Å². The maximum absolute atomic E-state index is 11.0. The second-order valence-electron chi connectivity index (χ2n) is 7.29. The molecule has 8 heteroatoms. The summed E-state index contributed by atoms with van der Waals surface area (Å²) in [7, 11) is 5.78. The zero-order valence-electron chi connectivity index (χ0n) is 19.7. The molecule has 1 rings (SSSR count). The number of amides is 2. The van der Waals surface area contributed by atoms with Crippen molar-refractivity contribution in [2.75, 3.05) is 34.2 Å². The molecule has 0 spiro atoms. The Labute approximate surface area is 191 Å². The number of primary amides is 1. The van der Waals surface area contributed by atoms with Crippen LogP contribution in [-0.4, -0.2) is 66.7 Å². The van der Waals surface area contributed by atoms with Gasteiger partial charge >= 0.3 is 6.03 Å². The molecule has 2 amide bonds. The largest absolute Gasteiger partial charge is 0.366 e. The number of nitrogens with one attached hydrogen (secondary N) is 1. The zero-order chi connectivity index (χ0) is 23.9. The molecule has 3 N–H and O–H groups in total. The van der Waals surface area contributed by atoms with Crippen molar-refractivity contribution >= 4 is 23.3 Å². The van der Waals surface area contributed by atoms with Crippen molar-refractivity contribution in [3.05, 3.63) is 72.6 Å². The number of urea groups is 1. The van der Waals surface area contributed by atoms with Crippen LogP contribution in [0.1, 0.15) is 25.8 Å². The molecular formula is C24H35N7O. The summed E-state index contributed by atoms with van der Waals surface area (Å²) in [4.78, 5) is 21.9. The van der Waals surface area contributed by atoms with Gasteiger partial charge in [-0.3, -0.25) is 9.99 Å². The van der Waals surface area contributed by atoms with Gasteiger partial charge in [-0.05, 0) is 31.9 Å². The first-order chi connectivity index (χ1) is 15.2. The summed E-state index contributed by atoms with van der Waals surface area (Å²) in [5, 5.41) is 9.19. The van der Waals surface area contributed by atoms with E-state index >= 15 is 0 Å². The highest BCUT2D eigenvalue weighted by Gasteiger charge is 2.10. The van der Waals surface area contributed by atoms with Gasteiger partial charge in [-0.2, -0.15) is 5.10 Å². The van der Waals surface area contributed by atoms with Gasteiger partial charge in [-0.1, -0.05) is 36.5 Å². The molecule has 0 radical (unpaired) electrons. The molecule has 172 valence electrons. The molecular weight excluding hydrogens is 402 g/mol. The Morgan fingerprint density at radius 1 is 1.22 bits per heavy atom. The molecule has 0 aromatic carbocycles. The van der Waals surface area contributed by atoms with Crippen LogP contribution in [0.15, 0.2) is 77.2 Å². The number of nitrogens with zero attached hydrogens (tertiary/aromatic N) is 5. The van der Waals surface area contributed by atoms with Crippen molar-refractivity contribution in [1.29, 1.82) is 0 Å². The number of hydrazone groups is 1. The zero-order valence-corrected chi connectivity index (χ0v) is 19.7. The summed E-state index contributed by atoms with van der Waals surface area (Å²) in [5.41, 5.74) is 8.35. The van der Waals surface area contributed by atoms with Crippen LogP contribution in [0.5, 0.6) is 0 Å². The van der Waals surface area contributed by atoms with Crippen LogP contribution in [-0.2, 0) is 0 Å². The van der Waals surface area contributed by atoms with Gasteiger partial charge in [-0.25, -0.2) is 9.79 Å². The van der Waals surface area contributed by atoms with Crippen LogP contribution in [0.25, 0.3) is 0 Å². The first-order valence-corrected chi connectivity index (χ1v) is 10.3. The van der Waals surface area contributed by atoms with Crippen LogP contribution >= 0.6 is 0 Å². The fourth-order valence-electron chi connectivity index (χ4n) is 2.43. The predicted molar refractivity (Wildman–Crippen MR) is 134 cm³/mol. The highest BCUT2D eigenvalue weighted by molar-refractivity contribution is 6.12. The maximum atomic E-state index is 11.0. The molecule has 0 saturated carbocycles. The third-order valence-corrected chi connectivity index (χ3v) is 4.32. The Morgan fingerprint density at radius 2 is 1.94 bits per heavy atom. The Kier molecular flexibility index (Phi) is 11.8. The maximum Gasteiger partial charge on any atom is 0.312 e. The third-order valence-electron chi connectivity index (χ3n) is 4.32. The highest BCUT2D eigenvalue weighted by atomic mass is 16.2. The van der Waals surface area contributed by atoms with Crippen molar-refractivity contribution in [2.45, 2.75) is 20.3 Å². The number of amidine groups is 1. The number of nitrogens with two attached hydrogens (primary N) is 1. The van der Waals surface area contributed by atoms with Gasteiger partial charge in [0.15, 0.2) is 0 Å². The van der Waals surface area contributed by atoms with Crippen molar-refractivity contribution in [3.8, 4) is 0 Å². The molecule has 0 bridgehead atoms. The molecule has 1 heterocycles. The third kappa shape index (κ3) is 10.4. The number of pyridine rings is 1. The fourth-order valence-corrected chi connectivity index (χ4v) is 2.43. The molecule has 0 unspecified atom stereocenters. The topological polar surface area (TPSA) is 99.2 Å². The van der Waals surface area contributed by atoms with Gasteiger partial charge < -0.3 is 16.0 Å². The summed E-state index contributed by atoms with van der Waals surface area (Å²) in [5.74, 6) is 0.868. The summed E-state index contributed by atoms with van der Waals surface area (Å²) in [6.45, 7) is 8.50. The second kappa shape index (κ2) is 14.3. The fraction of sp³-hybridized carbons (Fsp3) is 0.333. The molecule has 0 aliphatic rings. The Morgan fingerprint density at radius 3 is 2.59 bits per heavy atom. The first-order valence-electron chi connectivity index (χ1n) is 10.3. The van der Waals surface area contributed by atoms with Crippen LogP contribution in [0.2, 0.25) is 0 Å². The van der Waals surface area contributed by atoms with Crippen molar-refractivity contribution < 1.29 is 4.79 Å². The van der Waals surface area contributed by atoms with Gasteiger partial charge in [0.25, 0.3) is 0 Å². The number of rotatable bonds is 11. The minimum Gasteiger partial charge on any atom is -0.366 e. The Bertz CT molecular complexity index is 911. The Hall–Kier alpha value is -3.68. The molecule has 0 aliphatic carbocycles. The van der Waals surface area contributed by atoms with E-state index in [1.165, 1.54) is 0 Å². The van der Waals surface area contributed by atoms with E-state index in [2.05, 4.69) is 21.9 Å². The molecule has 0 atom stereocenters. The van der Waals surface area contributed by atoms with E-state index in [4.69, 9.17) is 10.8 Å². The lowest BCUT2D eigenvalue weighted by atomic mass is 10.0. The molecule has 0 saturated heterocycles. The van der Waals surface area contributed by atoms with E-state index in [0.717, 1.165) is 34.8 Å². The Balaban J connectivity index is 3.20. The number of likely N-dealkylation sites (N-methyl/N-ethyl adjacent to an activating group) is 1. The van der Waals surface area contributed by atoms with Crippen LogP contribution < -0.4 is 11.1 Å². The molecule has 0 fully saturated rings. The lowest BCUT2D eigenvalue weighted by Gasteiger charge is -2.16. The van der Waals surface area contributed by atoms with Crippen molar-refractivity contribution in [3.63, 3.8) is 0 Å². The summed E-state index contributed by atoms with van der Waals surface area (Å²) >= 11 is 0. The molecule has 1 aromatic heterocycles. The standard InChI is InChI=1S/C24H35N7O/c1-7-8-9-10-11-12-15-31(6)29-23(19(2)13-14-27-24(25)32)21-16-22(18-26-17-21)28-20(3)30(4)5/h7,9-13,16-18H,1,8,14-15H2,2-6H3,(H3,25,27,32)/b10-9-,12-11-,19-13+,28-20-,29-23+. The van der Waals surface area contributed by atoms with Crippen molar-refractivity contribution in [1.82, 2.24) is 20.2 Å². The van der Waals surface area contributed by atoms with Crippen molar-refractivity contribution in [2.24, 2.45) is 15.8 Å². The average molecular weight is 438 g/mol. The number of aliphatic imine (C=N–C) groups is 1. The number of hydrogen-bond donors (Lipinski definition) is 2. The highest BCUT2D eigenvalue weighted by Crippen LogP contribution is 2.17. The van der Waals surface area contributed by atoms with E-state index < -0.39 is 6.03 Å². The number of aromatic nitrogens is 1. The van der Waals surface area contributed by atoms with Gasteiger partial charge in [0.1, 0.15) is 5.84 Å². The molecule has 1 aromatic rings. The van der Waals surface area contributed by atoms with Gasteiger partial charge in [0, 0.05) is 39.4 Å². The SMILES string of the molecule is C=CC/C=C\C=C/CN(C)/N=C(\C(C)=C\CNC(N)=O)c1cncc(/N=C(/C)N(C)C)c1. The van der Waals surface area contributed by atoms with Gasteiger partial charge in [0.2, 0.25) is 0 Å².